The number of aliphatic carboxylic acids is 1. The van der Waals surface area contributed by atoms with Gasteiger partial charge < -0.3 is 11.5 Å². The standard InChI is InChI=1S/C17H13N3O3S.Na.H/c21-15-12(16-20(15)13(9-24-16)17(22)23)7-11-8-18-14(19-11)6-10-4-2-1-3-5-10;;/h1-5,7-9,16H,6H2,(H,18,19)(H,22,23);;/q;+1;-1/b12-7-;;. The smallest absolute Gasteiger partial charge is 1.00 e. The van der Waals surface area contributed by atoms with Gasteiger partial charge in [-0.15, -0.1) is 11.8 Å². The molecule has 0 saturated carbocycles. The van der Waals surface area contributed by atoms with Crippen LogP contribution < -0.4 is 29.6 Å². The van der Waals surface area contributed by atoms with Gasteiger partial charge in [0.05, 0.1) is 17.5 Å². The number of thioether (sulfide) groups is 1. The number of benzene rings is 1. The number of aromatic nitrogens is 2. The second-order valence-electron chi connectivity index (χ2n) is 5.52. The zero-order chi connectivity index (χ0) is 16.7. The number of H-pyrrole nitrogens is 1. The van der Waals surface area contributed by atoms with Crippen LogP contribution in [-0.2, 0) is 16.0 Å². The summed E-state index contributed by atoms with van der Waals surface area (Å²) in [6.07, 6.45) is 4.12. The first-order chi connectivity index (χ1) is 11.6. The van der Waals surface area contributed by atoms with Crippen LogP contribution in [0.2, 0.25) is 0 Å². The van der Waals surface area contributed by atoms with Gasteiger partial charge in [0.15, 0.2) is 0 Å². The first-order valence-electron chi connectivity index (χ1n) is 7.35. The van der Waals surface area contributed by atoms with Gasteiger partial charge in [-0.2, -0.15) is 0 Å². The van der Waals surface area contributed by atoms with E-state index in [1.54, 1.807) is 12.3 Å². The molecule has 0 radical (unpaired) electrons. The number of carboxylic acids is 1. The minimum atomic E-state index is -1.08. The quantitative estimate of drug-likeness (QED) is 0.428. The number of hydrogen-bond acceptors (Lipinski definition) is 4. The number of rotatable bonds is 4. The predicted octanol–water partition coefficient (Wildman–Crippen LogP) is -0.659. The van der Waals surface area contributed by atoms with Crippen molar-refractivity contribution in [1.82, 2.24) is 14.9 Å². The summed E-state index contributed by atoms with van der Waals surface area (Å²) in [5.41, 5.74) is 2.52. The van der Waals surface area contributed by atoms with Gasteiger partial charge in [-0.05, 0) is 11.6 Å². The number of β-lactam (4-membered cyclic amide) rings is 1. The summed E-state index contributed by atoms with van der Waals surface area (Å²) in [6.45, 7) is 0. The first kappa shape index (κ1) is 18.0. The van der Waals surface area contributed by atoms with Gasteiger partial charge in [0.2, 0.25) is 0 Å². The Morgan fingerprint density at radius 3 is 2.88 bits per heavy atom. The minimum absolute atomic E-state index is 0. The SMILES string of the molecule is O=C(O)C1=CSC2/C(=C\c3cnc(Cc4ccccc4)[nH]3)C(=O)N12.[H-].[Na+]. The van der Waals surface area contributed by atoms with Crippen molar-refractivity contribution in [2.75, 3.05) is 0 Å². The number of carbonyl (C=O) groups is 2. The Hall–Kier alpha value is -1.80. The monoisotopic (exact) mass is 363 g/mol. The van der Waals surface area contributed by atoms with E-state index in [1.807, 2.05) is 30.3 Å². The van der Waals surface area contributed by atoms with Crippen molar-refractivity contribution >= 4 is 29.7 Å². The van der Waals surface area contributed by atoms with Crippen molar-refractivity contribution in [3.8, 4) is 0 Å². The third-order valence-corrected chi connectivity index (χ3v) is 5.01. The maximum Gasteiger partial charge on any atom is 1.00 e. The Kier molecular flexibility index (Phi) is 5.19. The molecule has 1 amide bonds. The van der Waals surface area contributed by atoms with E-state index in [4.69, 9.17) is 5.11 Å². The molecule has 6 nitrogen and oxygen atoms in total. The number of nitrogens with one attached hydrogen (secondary N) is 1. The van der Waals surface area contributed by atoms with Gasteiger partial charge in [-0.1, -0.05) is 30.3 Å². The summed E-state index contributed by atoms with van der Waals surface area (Å²) in [6, 6.07) is 9.99. The summed E-state index contributed by atoms with van der Waals surface area (Å²) in [7, 11) is 0. The van der Waals surface area contributed by atoms with Crippen LogP contribution in [0.5, 0.6) is 0 Å². The summed E-state index contributed by atoms with van der Waals surface area (Å²) in [5.74, 6) is -0.526. The molecule has 0 aliphatic carbocycles. The molecule has 1 saturated heterocycles. The van der Waals surface area contributed by atoms with Gasteiger partial charge in [0, 0.05) is 11.8 Å². The normalized spacial score (nSPS) is 19.9. The van der Waals surface area contributed by atoms with Gasteiger partial charge in [-0.3, -0.25) is 9.69 Å². The average molecular weight is 363 g/mol. The van der Waals surface area contributed by atoms with E-state index < -0.39 is 5.97 Å². The Morgan fingerprint density at radius 2 is 2.16 bits per heavy atom. The van der Waals surface area contributed by atoms with E-state index in [-0.39, 0.29) is 48.0 Å². The Labute approximate surface area is 171 Å². The number of hydrogen-bond donors (Lipinski definition) is 2. The molecule has 1 aromatic carbocycles. The van der Waals surface area contributed by atoms with Crippen molar-refractivity contribution in [3.05, 3.63) is 70.3 Å². The molecule has 25 heavy (non-hydrogen) atoms. The molecule has 1 aromatic heterocycles. The van der Waals surface area contributed by atoms with Crippen LogP contribution in [0.25, 0.3) is 6.08 Å². The number of nitrogens with zero attached hydrogens (tertiary/aromatic N) is 2. The van der Waals surface area contributed by atoms with E-state index in [9.17, 15) is 9.59 Å². The number of amides is 1. The minimum Gasteiger partial charge on any atom is -1.00 e. The molecular weight excluding hydrogens is 349 g/mol. The molecule has 2 aliphatic heterocycles. The third-order valence-electron chi connectivity index (χ3n) is 3.93. The molecular formula is C17H14N3NaO3S. The number of carboxylic acid groups (broad SMARTS) is 1. The van der Waals surface area contributed by atoms with Crippen molar-refractivity contribution in [3.63, 3.8) is 0 Å². The largest absolute Gasteiger partial charge is 1.00 e. The Morgan fingerprint density at radius 1 is 1.40 bits per heavy atom. The van der Waals surface area contributed by atoms with Gasteiger partial charge in [0.1, 0.15) is 16.9 Å². The average Bonchev–Trinajstić information content (AvgIpc) is 3.18. The van der Waals surface area contributed by atoms with Gasteiger partial charge in [-0.25, -0.2) is 9.78 Å². The number of carbonyl (C=O) groups excluding carboxylic acids is 1. The first-order valence-corrected chi connectivity index (χ1v) is 8.29. The van der Waals surface area contributed by atoms with E-state index in [2.05, 4.69) is 9.97 Å². The molecule has 2 aromatic rings. The number of imidazole rings is 1. The molecule has 1 fully saturated rings. The van der Waals surface area contributed by atoms with Crippen LogP contribution in [0.15, 0.2) is 53.2 Å². The van der Waals surface area contributed by atoms with E-state index in [0.29, 0.717) is 12.0 Å². The second-order valence-corrected chi connectivity index (χ2v) is 6.47. The van der Waals surface area contributed by atoms with Gasteiger partial charge in [0.25, 0.3) is 5.91 Å². The molecule has 3 heterocycles. The second kappa shape index (κ2) is 7.21. The van der Waals surface area contributed by atoms with Crippen LogP contribution >= 0.6 is 11.8 Å². The number of fused-ring (bicyclic) bond motifs is 1. The number of aromatic amines is 1. The molecule has 0 spiro atoms. The molecule has 2 aliphatic rings. The van der Waals surface area contributed by atoms with Crippen molar-refractivity contribution in [1.29, 1.82) is 0 Å². The van der Waals surface area contributed by atoms with Crippen LogP contribution in [0, 0.1) is 0 Å². The summed E-state index contributed by atoms with van der Waals surface area (Å²) in [5, 5.41) is 10.3. The Bertz CT molecular complexity index is 898. The Balaban J connectivity index is 0.00000121. The zero-order valence-electron chi connectivity index (χ0n) is 14.5. The maximum atomic E-state index is 12.2. The fourth-order valence-corrected chi connectivity index (χ4v) is 3.88. The molecule has 1 atom stereocenters. The van der Waals surface area contributed by atoms with Gasteiger partial charge >= 0.3 is 35.5 Å². The molecule has 4 rings (SSSR count). The third kappa shape index (κ3) is 3.32. The molecule has 0 bridgehead atoms. The molecule has 2 N–H and O–H groups in total. The topological polar surface area (TPSA) is 86.3 Å². The summed E-state index contributed by atoms with van der Waals surface area (Å²) >= 11 is 1.33. The maximum absolute atomic E-state index is 12.2. The van der Waals surface area contributed by atoms with Crippen molar-refractivity contribution < 1.29 is 45.7 Å². The summed E-state index contributed by atoms with van der Waals surface area (Å²) in [4.78, 5) is 32.1. The predicted molar refractivity (Wildman–Crippen MR) is 90.9 cm³/mol. The van der Waals surface area contributed by atoms with E-state index in [1.165, 1.54) is 22.1 Å². The van der Waals surface area contributed by atoms with E-state index in [0.717, 1.165) is 17.1 Å². The fourth-order valence-electron chi connectivity index (χ4n) is 2.76. The van der Waals surface area contributed by atoms with Crippen LogP contribution in [0.4, 0.5) is 0 Å². The van der Waals surface area contributed by atoms with Crippen molar-refractivity contribution in [2.45, 2.75) is 11.8 Å². The van der Waals surface area contributed by atoms with Crippen LogP contribution in [0.1, 0.15) is 18.5 Å². The molecule has 1 unspecified atom stereocenters. The zero-order valence-corrected chi connectivity index (χ0v) is 16.3. The summed E-state index contributed by atoms with van der Waals surface area (Å²) < 4.78 is 0. The van der Waals surface area contributed by atoms with Crippen molar-refractivity contribution in [2.24, 2.45) is 0 Å². The van der Waals surface area contributed by atoms with Crippen LogP contribution in [0.3, 0.4) is 0 Å². The fraction of sp³-hybridized carbons (Fsp3) is 0.118. The molecule has 8 heteroatoms. The molecule has 122 valence electrons. The van der Waals surface area contributed by atoms with Crippen LogP contribution in [-0.4, -0.2) is 37.2 Å². The van der Waals surface area contributed by atoms with E-state index >= 15 is 0 Å².